The van der Waals surface area contributed by atoms with Gasteiger partial charge in [-0.1, -0.05) is 36.4 Å². The van der Waals surface area contributed by atoms with Crippen molar-refractivity contribution in [2.45, 2.75) is 0 Å². The highest BCUT2D eigenvalue weighted by Crippen LogP contribution is 2.04. The lowest BCUT2D eigenvalue weighted by Crippen LogP contribution is -1.80. The van der Waals surface area contributed by atoms with Crippen molar-refractivity contribution in [3.05, 3.63) is 42.0 Å². The largest absolute Gasteiger partial charge is 0.281 e. The van der Waals surface area contributed by atoms with Gasteiger partial charge in [0.2, 0.25) is 5.12 Å². The minimum Gasteiger partial charge on any atom is -0.281 e. The van der Waals surface area contributed by atoms with Gasteiger partial charge in [-0.15, -0.1) is 0 Å². The SMILES string of the molecule is N#CSC(=O)/C=C\c1ccccc1. The average molecular weight is 189 g/mol. The van der Waals surface area contributed by atoms with Crippen LogP contribution in [0, 0.1) is 10.7 Å². The lowest BCUT2D eigenvalue weighted by atomic mass is 10.2. The number of hydrogen-bond acceptors (Lipinski definition) is 3. The van der Waals surface area contributed by atoms with Gasteiger partial charge in [-0.3, -0.25) is 4.79 Å². The molecule has 0 fully saturated rings. The van der Waals surface area contributed by atoms with Crippen LogP contribution in [0.3, 0.4) is 0 Å². The second-order valence-electron chi connectivity index (χ2n) is 2.26. The fourth-order valence-electron chi connectivity index (χ4n) is 0.807. The molecule has 0 aliphatic carbocycles. The van der Waals surface area contributed by atoms with E-state index >= 15 is 0 Å². The number of nitrogens with zero attached hydrogens (tertiary/aromatic N) is 1. The van der Waals surface area contributed by atoms with Crippen LogP contribution in [0.4, 0.5) is 0 Å². The Kier molecular flexibility index (Phi) is 3.80. The molecule has 64 valence electrons. The number of nitriles is 1. The highest BCUT2D eigenvalue weighted by Gasteiger charge is 1.93. The van der Waals surface area contributed by atoms with Crippen molar-refractivity contribution >= 4 is 23.0 Å². The van der Waals surface area contributed by atoms with Gasteiger partial charge in [-0.25, -0.2) is 0 Å². The Bertz CT molecular complexity index is 351. The predicted octanol–water partition coefficient (Wildman–Crippen LogP) is 2.44. The van der Waals surface area contributed by atoms with Crippen LogP contribution >= 0.6 is 11.8 Å². The van der Waals surface area contributed by atoms with E-state index in [1.54, 1.807) is 11.5 Å². The molecule has 0 aliphatic heterocycles. The smallest absolute Gasteiger partial charge is 0.226 e. The average Bonchev–Trinajstić information content (AvgIpc) is 2.17. The number of benzene rings is 1. The summed E-state index contributed by atoms with van der Waals surface area (Å²) in [5.74, 6) is 0. The van der Waals surface area contributed by atoms with Gasteiger partial charge in [0.05, 0.1) is 0 Å². The van der Waals surface area contributed by atoms with Crippen LogP contribution in [0.15, 0.2) is 36.4 Å². The fourth-order valence-corrected chi connectivity index (χ4v) is 1.03. The lowest BCUT2D eigenvalue weighted by Gasteiger charge is -1.88. The van der Waals surface area contributed by atoms with Gasteiger partial charge >= 0.3 is 0 Å². The Morgan fingerprint density at radius 2 is 2.08 bits per heavy atom. The molecule has 1 rings (SSSR count). The topological polar surface area (TPSA) is 40.9 Å². The molecule has 0 saturated carbocycles. The summed E-state index contributed by atoms with van der Waals surface area (Å²) < 4.78 is 0. The minimum atomic E-state index is -0.244. The maximum Gasteiger partial charge on any atom is 0.226 e. The molecule has 0 aliphatic rings. The second-order valence-corrected chi connectivity index (χ2v) is 3.05. The molecule has 0 N–H and O–H groups in total. The molecule has 0 spiro atoms. The summed E-state index contributed by atoms with van der Waals surface area (Å²) in [5.41, 5.74) is 0.953. The second kappa shape index (κ2) is 5.18. The first-order chi connectivity index (χ1) is 6.33. The summed E-state index contributed by atoms with van der Waals surface area (Å²) in [6.07, 6.45) is 3.08. The Balaban J connectivity index is 2.60. The van der Waals surface area contributed by atoms with Crippen LogP contribution in [-0.2, 0) is 4.79 Å². The molecule has 0 aromatic heterocycles. The van der Waals surface area contributed by atoms with Crippen molar-refractivity contribution in [2.75, 3.05) is 0 Å². The van der Waals surface area contributed by atoms with Crippen molar-refractivity contribution in [1.82, 2.24) is 0 Å². The normalized spacial score (nSPS) is 9.77. The number of rotatable bonds is 2. The van der Waals surface area contributed by atoms with Crippen molar-refractivity contribution < 1.29 is 4.79 Å². The number of carbonyl (C=O) groups excluding carboxylic acids is 1. The van der Waals surface area contributed by atoms with Crippen molar-refractivity contribution in [3.63, 3.8) is 0 Å². The number of thioether (sulfide) groups is 1. The van der Waals surface area contributed by atoms with E-state index < -0.39 is 0 Å². The first kappa shape index (κ1) is 9.56. The number of thiocyanates is 1. The van der Waals surface area contributed by atoms with Gasteiger partial charge in [-0.05, 0) is 11.6 Å². The van der Waals surface area contributed by atoms with E-state index in [2.05, 4.69) is 0 Å². The third kappa shape index (κ3) is 3.59. The van der Waals surface area contributed by atoms with E-state index in [1.165, 1.54) is 6.08 Å². The Morgan fingerprint density at radius 3 is 2.69 bits per heavy atom. The summed E-state index contributed by atoms with van der Waals surface area (Å²) >= 11 is 0.630. The van der Waals surface area contributed by atoms with Crippen LogP contribution in [0.1, 0.15) is 5.56 Å². The third-order valence-corrected chi connectivity index (χ3v) is 1.79. The lowest BCUT2D eigenvalue weighted by molar-refractivity contribution is -0.106. The molecule has 0 bridgehead atoms. The van der Waals surface area contributed by atoms with E-state index in [0.29, 0.717) is 11.8 Å². The highest BCUT2D eigenvalue weighted by molar-refractivity contribution is 8.17. The maximum atomic E-state index is 10.9. The Labute approximate surface area is 80.9 Å². The van der Waals surface area contributed by atoms with Crippen molar-refractivity contribution in [3.8, 4) is 5.40 Å². The predicted molar refractivity (Wildman–Crippen MR) is 53.7 cm³/mol. The number of carbonyl (C=O) groups is 1. The molecule has 13 heavy (non-hydrogen) atoms. The minimum absolute atomic E-state index is 0.244. The molecule has 1 aromatic rings. The molecular weight excluding hydrogens is 182 g/mol. The zero-order chi connectivity index (χ0) is 9.52. The third-order valence-electron chi connectivity index (χ3n) is 1.36. The molecule has 1 aromatic carbocycles. The van der Waals surface area contributed by atoms with Gasteiger partial charge in [-0.2, -0.15) is 5.26 Å². The van der Waals surface area contributed by atoms with E-state index in [1.807, 2.05) is 30.3 Å². The van der Waals surface area contributed by atoms with Crippen LogP contribution in [0.25, 0.3) is 6.08 Å². The standard InChI is InChI=1S/C10H7NOS/c11-8-13-10(12)7-6-9-4-2-1-3-5-9/h1-7H/b7-6-. The highest BCUT2D eigenvalue weighted by atomic mass is 32.2. The molecule has 0 amide bonds. The van der Waals surface area contributed by atoms with E-state index in [4.69, 9.17) is 5.26 Å². The van der Waals surface area contributed by atoms with Gasteiger partial charge in [0, 0.05) is 11.8 Å². The fraction of sp³-hybridized carbons (Fsp3) is 0. The van der Waals surface area contributed by atoms with E-state index in [0.717, 1.165) is 5.56 Å². The van der Waals surface area contributed by atoms with Gasteiger partial charge in [0.25, 0.3) is 0 Å². The first-order valence-corrected chi connectivity index (χ1v) is 4.47. The summed E-state index contributed by atoms with van der Waals surface area (Å²) in [6, 6.07) is 9.47. The van der Waals surface area contributed by atoms with Crippen LogP contribution < -0.4 is 0 Å². The summed E-state index contributed by atoms with van der Waals surface area (Å²) in [4.78, 5) is 10.9. The summed E-state index contributed by atoms with van der Waals surface area (Å²) in [6.45, 7) is 0. The molecular formula is C10H7NOS. The van der Waals surface area contributed by atoms with Gasteiger partial charge < -0.3 is 0 Å². The molecule has 0 saturated heterocycles. The van der Waals surface area contributed by atoms with Crippen molar-refractivity contribution in [1.29, 1.82) is 5.26 Å². The summed E-state index contributed by atoms with van der Waals surface area (Å²) in [7, 11) is 0. The van der Waals surface area contributed by atoms with Gasteiger partial charge in [0.15, 0.2) is 0 Å². The molecule has 2 nitrogen and oxygen atoms in total. The van der Waals surface area contributed by atoms with Gasteiger partial charge in [0.1, 0.15) is 5.40 Å². The van der Waals surface area contributed by atoms with Crippen molar-refractivity contribution in [2.24, 2.45) is 0 Å². The van der Waals surface area contributed by atoms with Crippen LogP contribution in [0.5, 0.6) is 0 Å². The number of hydrogen-bond donors (Lipinski definition) is 0. The van der Waals surface area contributed by atoms with E-state index in [-0.39, 0.29) is 5.12 Å². The van der Waals surface area contributed by atoms with Crippen LogP contribution in [0.2, 0.25) is 0 Å². The zero-order valence-electron chi connectivity index (χ0n) is 6.81. The summed E-state index contributed by atoms with van der Waals surface area (Å²) in [5, 5.41) is 9.67. The Morgan fingerprint density at radius 1 is 1.38 bits per heavy atom. The molecule has 0 unspecified atom stereocenters. The molecule has 0 heterocycles. The van der Waals surface area contributed by atoms with Crippen LogP contribution in [-0.4, -0.2) is 5.12 Å². The Hall–Kier alpha value is -1.53. The molecule has 3 heteroatoms. The molecule has 0 atom stereocenters. The molecule has 0 radical (unpaired) electrons. The monoisotopic (exact) mass is 189 g/mol. The van der Waals surface area contributed by atoms with E-state index in [9.17, 15) is 4.79 Å². The first-order valence-electron chi connectivity index (χ1n) is 3.66. The maximum absolute atomic E-state index is 10.9. The quantitative estimate of drug-likeness (QED) is 0.530. The zero-order valence-corrected chi connectivity index (χ0v) is 7.62.